The molecule has 1 aliphatic rings. The maximum atomic E-state index is 13.4. The lowest BCUT2D eigenvalue weighted by Gasteiger charge is -2.30. The highest BCUT2D eigenvalue weighted by Gasteiger charge is 2.28. The predicted octanol–water partition coefficient (Wildman–Crippen LogP) is 3.86. The monoisotopic (exact) mass is 533 g/mol. The van der Waals surface area contributed by atoms with E-state index in [2.05, 4.69) is 5.32 Å². The molecule has 0 radical (unpaired) electrons. The minimum atomic E-state index is -3.58. The summed E-state index contributed by atoms with van der Waals surface area (Å²) in [5, 5.41) is 3.04. The Morgan fingerprint density at radius 3 is 2.27 bits per heavy atom. The largest absolute Gasteiger partial charge is 0.497 e. The Labute approximate surface area is 218 Å². The molecule has 1 aliphatic carbocycles. The van der Waals surface area contributed by atoms with Gasteiger partial charge >= 0.3 is 0 Å². The Morgan fingerprint density at radius 1 is 1.08 bits per heavy atom. The highest BCUT2D eigenvalue weighted by Crippen LogP contribution is 2.23. The summed E-state index contributed by atoms with van der Waals surface area (Å²) in [5.41, 5.74) is 1.18. The molecule has 1 atom stereocenters. The van der Waals surface area contributed by atoms with E-state index in [1.165, 1.54) is 28.4 Å². The number of hydrogen-bond acceptors (Lipinski definition) is 5. The van der Waals surface area contributed by atoms with Gasteiger partial charge in [0.1, 0.15) is 17.6 Å². The standard InChI is InChI=1S/C27H36FN3O5S/c1-20(27(33)29-23-7-4-5-8-23)30(19-21-10-12-22(28)13-11-21)26(32)9-6-18-31(37(3,34)35)24-14-16-25(36-2)17-15-24/h10-17,20,23H,4-9,18-19H2,1-3H3,(H,29,33)/t20-/m0/s1. The fourth-order valence-corrected chi connectivity index (χ4v) is 5.48. The molecule has 0 aromatic heterocycles. The van der Waals surface area contributed by atoms with E-state index in [1.54, 1.807) is 43.3 Å². The maximum Gasteiger partial charge on any atom is 0.242 e. The predicted molar refractivity (Wildman–Crippen MR) is 141 cm³/mol. The average molecular weight is 534 g/mol. The first kappa shape index (κ1) is 28.4. The molecule has 10 heteroatoms. The molecule has 1 saturated carbocycles. The topological polar surface area (TPSA) is 96.0 Å². The molecule has 37 heavy (non-hydrogen) atoms. The smallest absolute Gasteiger partial charge is 0.242 e. The minimum Gasteiger partial charge on any atom is -0.497 e. The summed E-state index contributed by atoms with van der Waals surface area (Å²) in [7, 11) is -2.05. The van der Waals surface area contributed by atoms with Crippen molar-refractivity contribution in [1.29, 1.82) is 0 Å². The second kappa shape index (κ2) is 12.9. The van der Waals surface area contributed by atoms with Crippen LogP contribution < -0.4 is 14.4 Å². The van der Waals surface area contributed by atoms with E-state index in [9.17, 15) is 22.4 Å². The SMILES string of the molecule is COc1ccc(N(CCCC(=O)N(Cc2ccc(F)cc2)[C@@H](C)C(=O)NC2CCCC2)S(C)(=O)=O)cc1. The third-order valence-corrected chi connectivity index (χ3v) is 7.84. The normalized spacial score (nSPS) is 14.7. The maximum absolute atomic E-state index is 13.4. The molecule has 8 nitrogen and oxygen atoms in total. The molecule has 2 aromatic rings. The van der Waals surface area contributed by atoms with Crippen molar-refractivity contribution in [2.45, 2.75) is 64.1 Å². The van der Waals surface area contributed by atoms with Gasteiger partial charge in [-0.25, -0.2) is 12.8 Å². The third-order valence-electron chi connectivity index (χ3n) is 6.65. The van der Waals surface area contributed by atoms with Gasteiger partial charge in [-0.1, -0.05) is 25.0 Å². The van der Waals surface area contributed by atoms with Crippen LogP contribution in [0.2, 0.25) is 0 Å². The van der Waals surface area contributed by atoms with Crippen molar-refractivity contribution in [2.24, 2.45) is 0 Å². The number of nitrogens with one attached hydrogen (secondary N) is 1. The van der Waals surface area contributed by atoms with Crippen molar-refractivity contribution < 1.29 is 27.1 Å². The van der Waals surface area contributed by atoms with Gasteiger partial charge in [0.25, 0.3) is 0 Å². The van der Waals surface area contributed by atoms with Crippen molar-refractivity contribution in [1.82, 2.24) is 10.2 Å². The second-order valence-corrected chi connectivity index (χ2v) is 11.4. The zero-order valence-electron chi connectivity index (χ0n) is 21.7. The number of benzene rings is 2. The van der Waals surface area contributed by atoms with Gasteiger partial charge in [-0.3, -0.25) is 13.9 Å². The van der Waals surface area contributed by atoms with Crippen LogP contribution in [-0.4, -0.2) is 57.1 Å². The van der Waals surface area contributed by atoms with Gasteiger partial charge in [-0.2, -0.15) is 0 Å². The van der Waals surface area contributed by atoms with Gasteiger partial charge in [-0.15, -0.1) is 0 Å². The number of ether oxygens (including phenoxy) is 1. The van der Waals surface area contributed by atoms with Crippen LogP contribution in [0.4, 0.5) is 10.1 Å². The first-order chi connectivity index (χ1) is 17.6. The Kier molecular flexibility index (Phi) is 9.91. The molecule has 0 aliphatic heterocycles. The van der Waals surface area contributed by atoms with Crippen molar-refractivity contribution in [3.05, 3.63) is 59.9 Å². The molecular formula is C27H36FN3O5S. The van der Waals surface area contributed by atoms with Crippen LogP contribution in [0, 0.1) is 5.82 Å². The zero-order valence-corrected chi connectivity index (χ0v) is 22.5. The van der Waals surface area contributed by atoms with Crippen LogP contribution in [0.25, 0.3) is 0 Å². The lowest BCUT2D eigenvalue weighted by molar-refractivity contribution is -0.141. The number of rotatable bonds is 12. The Morgan fingerprint density at radius 2 is 1.70 bits per heavy atom. The van der Waals surface area contributed by atoms with Crippen LogP contribution in [0.3, 0.4) is 0 Å². The minimum absolute atomic E-state index is 0.0460. The number of nitrogens with zero attached hydrogens (tertiary/aromatic N) is 2. The lowest BCUT2D eigenvalue weighted by Crippen LogP contribution is -2.49. The molecule has 1 fully saturated rings. The van der Waals surface area contributed by atoms with Crippen LogP contribution in [0.15, 0.2) is 48.5 Å². The molecule has 202 valence electrons. The molecule has 0 unspecified atom stereocenters. The summed E-state index contributed by atoms with van der Waals surface area (Å²) in [6.07, 6.45) is 5.42. The van der Waals surface area contributed by atoms with E-state index in [1.807, 2.05) is 0 Å². The van der Waals surface area contributed by atoms with Gasteiger partial charge in [0.2, 0.25) is 21.8 Å². The number of halogens is 1. The highest BCUT2D eigenvalue weighted by molar-refractivity contribution is 7.92. The molecule has 0 heterocycles. The van der Waals surface area contributed by atoms with Crippen molar-refractivity contribution in [3.63, 3.8) is 0 Å². The van der Waals surface area contributed by atoms with E-state index in [4.69, 9.17) is 4.74 Å². The molecule has 0 spiro atoms. The molecule has 0 saturated heterocycles. The number of hydrogen-bond donors (Lipinski definition) is 1. The zero-order chi connectivity index (χ0) is 27.0. The summed E-state index contributed by atoms with van der Waals surface area (Å²) >= 11 is 0. The van der Waals surface area contributed by atoms with E-state index >= 15 is 0 Å². The van der Waals surface area contributed by atoms with Crippen molar-refractivity contribution >= 4 is 27.5 Å². The summed E-state index contributed by atoms with van der Waals surface area (Å²) in [6, 6.07) is 11.9. The highest BCUT2D eigenvalue weighted by atomic mass is 32.2. The van der Waals surface area contributed by atoms with Gasteiger partial charge in [-0.05, 0) is 68.1 Å². The Hall–Kier alpha value is -3.14. The van der Waals surface area contributed by atoms with Gasteiger partial charge in [0, 0.05) is 25.6 Å². The Balaban J connectivity index is 1.70. The second-order valence-electron chi connectivity index (χ2n) is 9.45. The van der Waals surface area contributed by atoms with Gasteiger partial charge in [0.15, 0.2) is 0 Å². The van der Waals surface area contributed by atoms with Crippen LogP contribution >= 0.6 is 0 Å². The third kappa shape index (κ3) is 8.18. The number of anilines is 1. The van der Waals surface area contributed by atoms with E-state index in [-0.39, 0.29) is 49.6 Å². The number of carbonyl (C=O) groups excluding carboxylic acids is 2. The summed E-state index contributed by atoms with van der Waals surface area (Å²) in [6.45, 7) is 1.93. The molecule has 2 amide bonds. The quantitative estimate of drug-likeness (QED) is 0.447. The van der Waals surface area contributed by atoms with Crippen LogP contribution in [-0.2, 0) is 26.2 Å². The van der Waals surface area contributed by atoms with Gasteiger partial charge < -0.3 is 15.0 Å². The van der Waals surface area contributed by atoms with Crippen molar-refractivity contribution in [2.75, 3.05) is 24.2 Å². The fraction of sp³-hybridized carbons (Fsp3) is 0.481. The molecular weight excluding hydrogens is 497 g/mol. The summed E-state index contributed by atoms with van der Waals surface area (Å²) in [4.78, 5) is 27.8. The van der Waals surface area contributed by atoms with E-state index in [0.717, 1.165) is 31.9 Å². The first-order valence-electron chi connectivity index (χ1n) is 12.5. The van der Waals surface area contributed by atoms with Crippen LogP contribution in [0.1, 0.15) is 51.0 Å². The van der Waals surface area contributed by atoms with E-state index < -0.39 is 16.1 Å². The van der Waals surface area contributed by atoms with Crippen molar-refractivity contribution in [3.8, 4) is 5.75 Å². The molecule has 1 N–H and O–H groups in total. The average Bonchev–Trinajstić information content (AvgIpc) is 3.38. The summed E-state index contributed by atoms with van der Waals surface area (Å²) < 4.78 is 44.7. The first-order valence-corrected chi connectivity index (χ1v) is 14.4. The lowest BCUT2D eigenvalue weighted by atomic mass is 10.1. The fourth-order valence-electron chi connectivity index (χ4n) is 4.51. The summed E-state index contributed by atoms with van der Waals surface area (Å²) in [5.74, 6) is -0.276. The van der Waals surface area contributed by atoms with Crippen LogP contribution in [0.5, 0.6) is 5.75 Å². The molecule has 2 aromatic carbocycles. The number of amides is 2. The number of sulfonamides is 1. The number of carbonyl (C=O) groups is 2. The van der Waals surface area contributed by atoms with E-state index in [0.29, 0.717) is 17.0 Å². The Bertz CT molecular complexity index is 1150. The number of methoxy groups -OCH3 is 1. The van der Waals surface area contributed by atoms with Gasteiger partial charge in [0.05, 0.1) is 19.1 Å². The molecule has 0 bridgehead atoms. The molecule has 3 rings (SSSR count).